The maximum absolute atomic E-state index is 15.1. The lowest BCUT2D eigenvalue weighted by atomic mass is 9.71. The Labute approximate surface area is 339 Å². The van der Waals surface area contributed by atoms with Crippen LogP contribution in [0.3, 0.4) is 0 Å². The Morgan fingerprint density at radius 2 is 1.91 bits per heavy atom. The predicted molar refractivity (Wildman–Crippen MR) is 212 cm³/mol. The fraction of sp³-hybridized carbons (Fsp3) is 0.465. The third-order valence-electron chi connectivity index (χ3n) is 13.3. The lowest BCUT2D eigenvalue weighted by Gasteiger charge is -2.62. The Morgan fingerprint density at radius 1 is 1.12 bits per heavy atom. The molecule has 2 fully saturated rings. The van der Waals surface area contributed by atoms with E-state index in [-0.39, 0.29) is 43.5 Å². The number of carbonyl (C=O) groups excluding carboxylic acids is 2. The summed E-state index contributed by atoms with van der Waals surface area (Å²) in [4.78, 5) is 32.5. The van der Waals surface area contributed by atoms with Gasteiger partial charge in [0.05, 0.1) is 30.5 Å². The average Bonchev–Trinajstić information content (AvgIpc) is 3.83. The highest BCUT2D eigenvalue weighted by Crippen LogP contribution is 2.64. The van der Waals surface area contributed by atoms with E-state index in [9.17, 15) is 15.2 Å². The van der Waals surface area contributed by atoms with Gasteiger partial charge in [-0.05, 0) is 63.9 Å². The molecule has 0 unspecified atom stereocenters. The number of nitrogens with one attached hydrogen (secondary N) is 1. The van der Waals surface area contributed by atoms with Gasteiger partial charge < -0.3 is 38.9 Å². The zero-order valence-electron chi connectivity index (χ0n) is 33.1. The van der Waals surface area contributed by atoms with Crippen LogP contribution in [-0.2, 0) is 32.7 Å². The van der Waals surface area contributed by atoms with Gasteiger partial charge in [0, 0.05) is 70.6 Å². The molecule has 0 saturated carbocycles. The molecule has 0 amide bonds. The normalized spacial score (nSPS) is 29.6. The van der Waals surface area contributed by atoms with Crippen molar-refractivity contribution in [3.8, 4) is 34.8 Å². The number of phenolic OH excluding ortho intramolecular Hbond substituents is 1. The van der Waals surface area contributed by atoms with Gasteiger partial charge in [0.2, 0.25) is 6.79 Å². The molecule has 11 rings (SSSR count). The van der Waals surface area contributed by atoms with E-state index in [2.05, 4.69) is 33.3 Å². The number of rotatable bonds is 3. The molecule has 0 aliphatic carbocycles. The van der Waals surface area contributed by atoms with Crippen LogP contribution in [-0.4, -0.2) is 90.9 Å². The Balaban J connectivity index is 1.26. The molecule has 4 bridgehead atoms. The molecule has 2 saturated heterocycles. The number of methoxy groups -OCH3 is 1. The largest absolute Gasteiger partial charge is 0.504 e. The summed E-state index contributed by atoms with van der Waals surface area (Å²) in [7, 11) is 3.55. The first kappa shape index (κ1) is 37.3. The SMILES string of the molecule is COc1c(C)cc2c(c1O)[C@@H]1[C@@H]3[C@@H]4SC[C@]5(N[C@@H](CN)Cc6c5oc5ccc(C)cc65)C(=O)OC[C@@H](c5c6c(c(C)c(OC(C)=O)c54)OCO6)N3[C@@H](C#N)[C@H](C2)N1C. The van der Waals surface area contributed by atoms with Gasteiger partial charge in [0.15, 0.2) is 28.5 Å². The molecule has 8 heterocycles. The molecule has 4 aromatic rings. The molecule has 1 spiro atoms. The summed E-state index contributed by atoms with van der Waals surface area (Å²) in [6.07, 6.45) is 1.05. The summed E-state index contributed by atoms with van der Waals surface area (Å²) in [6.45, 7) is 7.16. The summed E-state index contributed by atoms with van der Waals surface area (Å²) in [5.74, 6) is 1.26. The lowest BCUT2D eigenvalue weighted by Crippen LogP contribution is -2.69. The van der Waals surface area contributed by atoms with E-state index in [0.717, 1.165) is 27.6 Å². The van der Waals surface area contributed by atoms with E-state index in [0.29, 0.717) is 69.4 Å². The molecule has 14 nitrogen and oxygen atoms in total. The molecule has 15 heteroatoms. The first-order valence-corrected chi connectivity index (χ1v) is 20.7. The smallest absolute Gasteiger partial charge is 0.335 e. The zero-order valence-corrected chi connectivity index (χ0v) is 34.0. The maximum atomic E-state index is 15.1. The van der Waals surface area contributed by atoms with Gasteiger partial charge in [-0.2, -0.15) is 5.26 Å². The molecule has 0 radical (unpaired) electrons. The number of hydrogen-bond acceptors (Lipinski definition) is 15. The number of ether oxygens (including phenoxy) is 5. The molecule has 7 aliphatic rings. The molecule has 1 aromatic heterocycles. The van der Waals surface area contributed by atoms with Crippen LogP contribution in [0.15, 0.2) is 28.7 Å². The minimum atomic E-state index is -1.46. The number of esters is 2. The van der Waals surface area contributed by atoms with Crippen LogP contribution < -0.4 is 30.0 Å². The van der Waals surface area contributed by atoms with Crippen molar-refractivity contribution in [1.29, 1.82) is 5.26 Å². The number of thioether (sulfide) groups is 1. The van der Waals surface area contributed by atoms with E-state index < -0.39 is 46.9 Å². The van der Waals surface area contributed by atoms with Crippen LogP contribution in [0.1, 0.15) is 74.5 Å². The Bertz CT molecular complexity index is 2500. The minimum Gasteiger partial charge on any atom is -0.504 e. The highest BCUT2D eigenvalue weighted by molar-refractivity contribution is 7.99. The molecule has 7 aliphatic heterocycles. The van der Waals surface area contributed by atoms with Crippen LogP contribution in [0.2, 0.25) is 0 Å². The average molecular weight is 808 g/mol. The summed E-state index contributed by atoms with van der Waals surface area (Å²) in [5, 5.41) is 27.3. The summed E-state index contributed by atoms with van der Waals surface area (Å²) in [6, 6.07) is 7.67. The lowest BCUT2D eigenvalue weighted by molar-refractivity contribution is -0.158. The zero-order chi connectivity index (χ0) is 40.5. The number of furan rings is 1. The van der Waals surface area contributed by atoms with Crippen molar-refractivity contribution >= 4 is 34.7 Å². The van der Waals surface area contributed by atoms with Gasteiger partial charge in [-0.25, -0.2) is 4.79 Å². The molecule has 3 aromatic carbocycles. The predicted octanol–water partition coefficient (Wildman–Crippen LogP) is 4.65. The second kappa shape index (κ2) is 13.3. The number of aryl methyl sites for hydroxylation is 2. The fourth-order valence-electron chi connectivity index (χ4n) is 10.9. The van der Waals surface area contributed by atoms with Crippen LogP contribution in [0.4, 0.5) is 0 Å². The number of benzene rings is 3. The van der Waals surface area contributed by atoms with Gasteiger partial charge in [0.25, 0.3) is 0 Å². The van der Waals surface area contributed by atoms with Gasteiger partial charge in [0.1, 0.15) is 29.7 Å². The number of fused-ring (bicyclic) bond motifs is 11. The van der Waals surface area contributed by atoms with E-state index >= 15 is 4.79 Å². The quantitative estimate of drug-likeness (QED) is 0.192. The molecular weight excluding hydrogens is 763 g/mol. The standard InChI is InChI=1S/C43H45N5O9S/c1-18-7-8-29-24(9-18)25-12-23(13-44)46-43(41(25)57-29)16-58-40-32-31(39-38(54-17-55-39)20(3)37(32)56-21(4)49)28(15-53-42(43)51)48-27(14-45)26-11-22-10-19(2)36(52-6)35(50)30(22)33(34(40)48)47(26)5/h7-10,23,26-28,33-34,40,46,50H,11-13,15-17,44H2,1-6H3/t23-,26+,27+,28+,33-,34-,40-,43-/m1/s1. The number of likely N-dealkylation sites (N-methyl/N-ethyl adjacent to an activating group) is 1. The number of nitrogens with two attached hydrogens (primary N) is 1. The monoisotopic (exact) mass is 807 g/mol. The van der Waals surface area contributed by atoms with Gasteiger partial charge in [-0.15, -0.1) is 11.8 Å². The Morgan fingerprint density at radius 3 is 2.66 bits per heavy atom. The Hall–Kier alpha value is -4.98. The second-order valence-corrected chi connectivity index (χ2v) is 17.6. The third kappa shape index (κ3) is 4.99. The van der Waals surface area contributed by atoms with Crippen molar-refractivity contribution in [2.75, 3.05) is 39.9 Å². The maximum Gasteiger partial charge on any atom is 0.335 e. The van der Waals surface area contributed by atoms with Gasteiger partial charge in [-0.1, -0.05) is 17.7 Å². The van der Waals surface area contributed by atoms with Crippen LogP contribution >= 0.6 is 11.8 Å². The number of phenols is 1. The first-order valence-electron chi connectivity index (χ1n) is 19.6. The van der Waals surface area contributed by atoms with E-state index in [1.807, 2.05) is 40.0 Å². The van der Waals surface area contributed by atoms with Crippen molar-refractivity contribution in [2.24, 2.45) is 5.73 Å². The first-order chi connectivity index (χ1) is 27.9. The molecule has 58 heavy (non-hydrogen) atoms. The number of nitrogens with zero attached hydrogens (tertiary/aromatic N) is 3. The topological polar surface area (TPSA) is 182 Å². The fourth-order valence-corrected chi connectivity index (χ4v) is 12.6. The van der Waals surface area contributed by atoms with Gasteiger partial charge in [-0.3, -0.25) is 19.9 Å². The molecular formula is C43H45N5O9S. The van der Waals surface area contributed by atoms with E-state index in [4.69, 9.17) is 33.8 Å². The van der Waals surface area contributed by atoms with Crippen molar-refractivity contribution in [3.63, 3.8) is 0 Å². The van der Waals surface area contributed by atoms with Crippen LogP contribution in [0, 0.1) is 32.1 Å². The molecule has 4 N–H and O–H groups in total. The van der Waals surface area contributed by atoms with E-state index in [1.165, 1.54) is 18.7 Å². The van der Waals surface area contributed by atoms with Crippen LogP contribution in [0.5, 0.6) is 28.7 Å². The second-order valence-electron chi connectivity index (χ2n) is 16.4. The summed E-state index contributed by atoms with van der Waals surface area (Å²) < 4.78 is 37.5. The summed E-state index contributed by atoms with van der Waals surface area (Å²) >= 11 is 1.49. The van der Waals surface area contributed by atoms with E-state index in [1.54, 1.807) is 7.11 Å². The summed E-state index contributed by atoms with van der Waals surface area (Å²) in [5.41, 5.74) is 12.0. The molecule has 8 atom stereocenters. The minimum absolute atomic E-state index is 0.0493. The highest BCUT2D eigenvalue weighted by Gasteiger charge is 2.62. The number of hydrogen-bond donors (Lipinski definition) is 3. The third-order valence-corrected chi connectivity index (χ3v) is 14.7. The Kier molecular flexibility index (Phi) is 8.53. The highest BCUT2D eigenvalue weighted by atomic mass is 32.2. The number of nitriles is 1. The van der Waals surface area contributed by atoms with Crippen molar-refractivity contribution in [1.82, 2.24) is 15.1 Å². The van der Waals surface area contributed by atoms with Gasteiger partial charge >= 0.3 is 11.9 Å². The van der Waals surface area contributed by atoms with Crippen molar-refractivity contribution in [3.05, 3.63) is 74.5 Å². The number of carbonyl (C=O) groups is 2. The van der Waals surface area contributed by atoms with Crippen molar-refractivity contribution < 1.29 is 42.8 Å². The molecule has 302 valence electrons. The van der Waals surface area contributed by atoms with Crippen LogP contribution in [0.25, 0.3) is 11.0 Å². The van der Waals surface area contributed by atoms with Crippen molar-refractivity contribution in [2.45, 2.75) is 87.6 Å². The number of aromatic hydroxyl groups is 1. The number of piperazine rings is 1.